The van der Waals surface area contributed by atoms with Crippen LogP contribution in [0.25, 0.3) is 27.7 Å². The Hall–Kier alpha value is -4.57. The van der Waals surface area contributed by atoms with Crippen LogP contribution in [0.3, 0.4) is 0 Å². The van der Waals surface area contributed by atoms with Crippen molar-refractivity contribution in [2.45, 2.75) is 0 Å². The summed E-state index contributed by atoms with van der Waals surface area (Å²) in [6.07, 6.45) is 5.30. The first-order valence-corrected chi connectivity index (χ1v) is 11.3. The molecule has 1 fully saturated rings. The van der Waals surface area contributed by atoms with Crippen LogP contribution in [0.1, 0.15) is 0 Å². The summed E-state index contributed by atoms with van der Waals surface area (Å²) in [4.78, 5) is 19.9. The van der Waals surface area contributed by atoms with E-state index in [1.165, 1.54) is 0 Å². The van der Waals surface area contributed by atoms with Crippen molar-refractivity contribution in [3.05, 3.63) is 73.3 Å². The first-order valence-electron chi connectivity index (χ1n) is 11.3. The van der Waals surface area contributed by atoms with E-state index in [2.05, 4.69) is 30.3 Å². The minimum Gasteiger partial charge on any atom is -0.384 e. The van der Waals surface area contributed by atoms with Crippen LogP contribution in [0.4, 0.5) is 23.4 Å². The molecule has 3 N–H and O–H groups in total. The second-order valence-corrected chi connectivity index (χ2v) is 8.20. The molecule has 2 aromatic carbocycles. The number of fused-ring (bicyclic) bond motifs is 1. The number of rotatable bonds is 5. The summed E-state index contributed by atoms with van der Waals surface area (Å²) in [6.45, 7) is 3.01. The molecule has 4 heterocycles. The Morgan fingerprint density at radius 3 is 2.49 bits per heavy atom. The molecule has 174 valence electrons. The number of nitrogens with one attached hydrogen (secondary N) is 1. The normalized spacial score (nSPS) is 13.8. The molecule has 5 aromatic rings. The first-order chi connectivity index (χ1) is 17.2. The van der Waals surface area contributed by atoms with E-state index in [1.54, 1.807) is 23.3 Å². The first kappa shape index (κ1) is 21.0. The molecule has 1 aliphatic rings. The number of morpholine rings is 1. The lowest BCUT2D eigenvalue weighted by Gasteiger charge is -2.25. The summed E-state index contributed by atoms with van der Waals surface area (Å²) in [5.41, 5.74) is 10.3. The fourth-order valence-corrected chi connectivity index (χ4v) is 3.95. The topological polar surface area (TPSA) is 120 Å². The quantitative estimate of drug-likeness (QED) is 0.402. The predicted octanol–water partition coefficient (Wildman–Crippen LogP) is 3.43. The van der Waals surface area contributed by atoms with Crippen LogP contribution in [-0.2, 0) is 4.74 Å². The maximum absolute atomic E-state index is 5.71. The van der Waals surface area contributed by atoms with E-state index < -0.39 is 0 Å². The van der Waals surface area contributed by atoms with Gasteiger partial charge in [-0.05, 0) is 48.0 Å². The molecule has 0 atom stereocenters. The van der Waals surface area contributed by atoms with Crippen molar-refractivity contribution in [2.75, 3.05) is 42.3 Å². The third kappa shape index (κ3) is 4.46. The maximum atomic E-state index is 5.71. The van der Waals surface area contributed by atoms with Gasteiger partial charge in [0.1, 0.15) is 12.1 Å². The number of nitrogens with zero attached hydrogens (tertiary/aromatic N) is 7. The van der Waals surface area contributed by atoms with Gasteiger partial charge in [-0.1, -0.05) is 12.1 Å². The van der Waals surface area contributed by atoms with Gasteiger partial charge in [-0.2, -0.15) is 4.98 Å². The highest BCUT2D eigenvalue weighted by Crippen LogP contribution is 2.25. The molecule has 0 saturated carbocycles. The van der Waals surface area contributed by atoms with Crippen LogP contribution in [0.2, 0.25) is 0 Å². The van der Waals surface area contributed by atoms with Crippen LogP contribution >= 0.6 is 0 Å². The number of aromatic nitrogens is 6. The molecule has 35 heavy (non-hydrogen) atoms. The van der Waals surface area contributed by atoms with Gasteiger partial charge in [-0.25, -0.2) is 19.6 Å². The molecule has 0 unspecified atom stereocenters. The van der Waals surface area contributed by atoms with Gasteiger partial charge in [-0.3, -0.25) is 0 Å². The van der Waals surface area contributed by atoms with Crippen molar-refractivity contribution >= 4 is 34.3 Å². The second-order valence-electron chi connectivity index (χ2n) is 8.20. The Kier molecular flexibility index (Phi) is 5.39. The van der Waals surface area contributed by atoms with Crippen molar-refractivity contribution in [3.63, 3.8) is 0 Å². The number of ether oxygens (including phenoxy) is 1. The zero-order valence-electron chi connectivity index (χ0n) is 18.9. The second kappa shape index (κ2) is 8.99. The standard InChI is InChI=1S/C25H23N9O/c26-23-8-3-18(14-27-23)17-1-2-19-15-28-24(31-22(19)13-17)30-20-4-6-21(7-5-20)34-16-29-25(32-34)33-9-11-35-12-10-33/h1-8,13-16H,9-12H2,(H2,26,27)(H,28,30,31). The van der Waals surface area contributed by atoms with E-state index >= 15 is 0 Å². The summed E-state index contributed by atoms with van der Waals surface area (Å²) >= 11 is 0. The number of hydrogen-bond acceptors (Lipinski definition) is 9. The molecule has 10 nitrogen and oxygen atoms in total. The number of nitrogens with two attached hydrogens (primary N) is 1. The number of benzene rings is 2. The Morgan fingerprint density at radius 2 is 1.69 bits per heavy atom. The van der Waals surface area contributed by atoms with E-state index in [4.69, 9.17) is 15.5 Å². The molecule has 10 heteroatoms. The largest absolute Gasteiger partial charge is 0.384 e. The summed E-state index contributed by atoms with van der Waals surface area (Å²) in [5, 5.41) is 8.85. The summed E-state index contributed by atoms with van der Waals surface area (Å²) < 4.78 is 7.17. The van der Waals surface area contributed by atoms with Crippen molar-refractivity contribution < 1.29 is 4.74 Å². The molecule has 3 aromatic heterocycles. The van der Waals surface area contributed by atoms with Gasteiger partial charge in [0, 0.05) is 42.1 Å². The maximum Gasteiger partial charge on any atom is 0.245 e. The van der Waals surface area contributed by atoms with Gasteiger partial charge in [0.15, 0.2) is 0 Å². The molecule has 0 amide bonds. The third-order valence-electron chi connectivity index (χ3n) is 5.86. The molecule has 1 saturated heterocycles. The Bertz CT molecular complexity index is 1460. The van der Waals surface area contributed by atoms with Crippen molar-refractivity contribution in [3.8, 4) is 16.8 Å². The predicted molar refractivity (Wildman–Crippen MR) is 135 cm³/mol. The zero-order chi connectivity index (χ0) is 23.6. The van der Waals surface area contributed by atoms with E-state index in [0.29, 0.717) is 30.9 Å². The summed E-state index contributed by atoms with van der Waals surface area (Å²) in [5.74, 6) is 1.73. The molecule has 0 aliphatic carbocycles. The minimum absolute atomic E-state index is 0.496. The molecular formula is C25H23N9O. The Balaban J connectivity index is 1.19. The van der Waals surface area contributed by atoms with Gasteiger partial charge < -0.3 is 20.7 Å². The minimum atomic E-state index is 0.496. The summed E-state index contributed by atoms with van der Waals surface area (Å²) in [6, 6.07) is 17.7. The van der Waals surface area contributed by atoms with Crippen LogP contribution in [0.5, 0.6) is 0 Å². The highest BCUT2D eigenvalue weighted by atomic mass is 16.5. The zero-order valence-corrected chi connectivity index (χ0v) is 18.9. The number of hydrogen-bond donors (Lipinski definition) is 2. The van der Waals surface area contributed by atoms with Crippen LogP contribution in [0, 0.1) is 0 Å². The van der Waals surface area contributed by atoms with Gasteiger partial charge in [0.2, 0.25) is 11.9 Å². The van der Waals surface area contributed by atoms with Gasteiger partial charge in [0.25, 0.3) is 0 Å². The molecule has 0 bridgehead atoms. The Labute approximate surface area is 201 Å². The lowest BCUT2D eigenvalue weighted by atomic mass is 10.1. The Morgan fingerprint density at radius 1 is 0.857 bits per heavy atom. The lowest BCUT2D eigenvalue weighted by Crippen LogP contribution is -2.37. The molecule has 0 radical (unpaired) electrons. The lowest BCUT2D eigenvalue weighted by molar-refractivity contribution is 0.122. The van der Waals surface area contributed by atoms with E-state index in [-0.39, 0.29) is 0 Å². The van der Waals surface area contributed by atoms with Crippen LogP contribution < -0.4 is 16.0 Å². The van der Waals surface area contributed by atoms with E-state index in [9.17, 15) is 0 Å². The van der Waals surface area contributed by atoms with E-state index in [1.807, 2.05) is 54.7 Å². The smallest absolute Gasteiger partial charge is 0.245 e. The van der Waals surface area contributed by atoms with Crippen LogP contribution in [0.15, 0.2) is 73.3 Å². The average Bonchev–Trinajstić information content (AvgIpc) is 3.40. The van der Waals surface area contributed by atoms with Gasteiger partial charge >= 0.3 is 0 Å². The number of pyridine rings is 1. The SMILES string of the molecule is Nc1ccc(-c2ccc3cnc(Nc4ccc(-n5cnc(N6CCOCC6)n5)cc4)nc3c2)cn1. The number of anilines is 4. The number of nitrogen functional groups attached to an aromatic ring is 1. The highest BCUT2D eigenvalue weighted by molar-refractivity contribution is 5.84. The van der Waals surface area contributed by atoms with Crippen molar-refractivity contribution in [1.82, 2.24) is 29.7 Å². The van der Waals surface area contributed by atoms with Crippen molar-refractivity contribution in [1.29, 1.82) is 0 Å². The van der Waals surface area contributed by atoms with Crippen LogP contribution in [-0.4, -0.2) is 56.0 Å². The average molecular weight is 466 g/mol. The molecule has 0 spiro atoms. The molecule has 1 aliphatic heterocycles. The molecular weight excluding hydrogens is 442 g/mol. The van der Waals surface area contributed by atoms with Crippen molar-refractivity contribution in [2.24, 2.45) is 0 Å². The fourth-order valence-electron chi connectivity index (χ4n) is 3.95. The summed E-state index contributed by atoms with van der Waals surface area (Å²) in [7, 11) is 0. The third-order valence-corrected chi connectivity index (χ3v) is 5.86. The van der Waals surface area contributed by atoms with Gasteiger partial charge in [-0.15, -0.1) is 5.10 Å². The molecule has 6 rings (SSSR count). The monoisotopic (exact) mass is 465 g/mol. The highest BCUT2D eigenvalue weighted by Gasteiger charge is 2.15. The van der Waals surface area contributed by atoms with E-state index in [0.717, 1.165) is 46.5 Å². The fraction of sp³-hybridized carbons (Fsp3) is 0.160. The van der Waals surface area contributed by atoms with Gasteiger partial charge in [0.05, 0.1) is 24.4 Å².